The van der Waals surface area contributed by atoms with Gasteiger partial charge in [-0.2, -0.15) is 0 Å². The number of carboxylic acid groups (broad SMARTS) is 1. The third-order valence-electron chi connectivity index (χ3n) is 7.51. The number of hydrogen-bond donors (Lipinski definition) is 3. The number of aromatic carboxylic acids is 1. The zero-order valence-electron chi connectivity index (χ0n) is 22.9. The van der Waals surface area contributed by atoms with Crippen LogP contribution < -0.4 is 0 Å². The fourth-order valence-electron chi connectivity index (χ4n) is 5.80. The third-order valence-corrected chi connectivity index (χ3v) is 8.32. The normalized spacial score (nSPS) is 11.7. The summed E-state index contributed by atoms with van der Waals surface area (Å²) in [6.07, 6.45) is 6.43. The Hall–Kier alpha value is -4.50. The molecule has 7 nitrogen and oxygen atoms in total. The van der Waals surface area contributed by atoms with E-state index in [-0.39, 0.29) is 17.4 Å². The highest BCUT2D eigenvalue weighted by Crippen LogP contribution is 2.44. The Morgan fingerprint density at radius 2 is 1.95 bits per heavy atom. The number of rotatable bonds is 9. The summed E-state index contributed by atoms with van der Waals surface area (Å²) in [5.74, 6) is -1.50. The van der Waals surface area contributed by atoms with Gasteiger partial charge in [0.05, 0.1) is 5.69 Å². The maximum atomic E-state index is 14.7. The minimum Gasteiger partial charge on any atom is -0.477 e. The van der Waals surface area contributed by atoms with E-state index >= 15 is 0 Å². The lowest BCUT2D eigenvalue weighted by Gasteiger charge is -2.15. The highest BCUT2D eigenvalue weighted by molar-refractivity contribution is 7.11. The van der Waals surface area contributed by atoms with E-state index in [1.165, 1.54) is 23.5 Å². The van der Waals surface area contributed by atoms with Crippen molar-refractivity contribution in [2.45, 2.75) is 46.1 Å². The summed E-state index contributed by atoms with van der Waals surface area (Å²) in [5, 5.41) is 14.4. The van der Waals surface area contributed by atoms with Crippen LogP contribution in [0.15, 0.2) is 60.4 Å². The number of aromatic amines is 2. The molecule has 0 amide bonds. The van der Waals surface area contributed by atoms with Gasteiger partial charge in [0, 0.05) is 69.9 Å². The van der Waals surface area contributed by atoms with Gasteiger partial charge in [0.1, 0.15) is 11.5 Å². The van der Waals surface area contributed by atoms with Gasteiger partial charge in [-0.25, -0.2) is 14.2 Å². The molecule has 4 heterocycles. The number of halogens is 1. The highest BCUT2D eigenvalue weighted by atomic mass is 32.1. The van der Waals surface area contributed by atoms with Gasteiger partial charge in [-0.15, -0.1) is 11.3 Å². The number of carbonyl (C=O) groups excluding carboxylic acids is 1. The zero-order valence-corrected chi connectivity index (χ0v) is 23.7. The number of thiazole rings is 1. The van der Waals surface area contributed by atoms with E-state index in [1.54, 1.807) is 17.8 Å². The Bertz CT molecular complexity index is 1930. The van der Waals surface area contributed by atoms with Crippen LogP contribution in [0.5, 0.6) is 0 Å². The van der Waals surface area contributed by atoms with Crippen LogP contribution in [0.3, 0.4) is 0 Å². The van der Waals surface area contributed by atoms with Crippen LogP contribution >= 0.6 is 11.3 Å². The first kappa shape index (κ1) is 26.7. The van der Waals surface area contributed by atoms with Gasteiger partial charge in [-0.05, 0) is 66.3 Å². The van der Waals surface area contributed by atoms with Gasteiger partial charge in [0.25, 0.3) is 0 Å². The van der Waals surface area contributed by atoms with Gasteiger partial charge in [0.2, 0.25) is 0 Å². The van der Waals surface area contributed by atoms with E-state index in [0.717, 1.165) is 33.0 Å². The monoisotopic (exact) mass is 568 g/mol. The first-order chi connectivity index (χ1) is 19.7. The van der Waals surface area contributed by atoms with Crippen LogP contribution in [-0.2, 0) is 6.54 Å². The second-order valence-corrected chi connectivity index (χ2v) is 11.5. The largest absolute Gasteiger partial charge is 0.477 e. The molecule has 0 aliphatic rings. The molecule has 6 rings (SSSR count). The molecule has 0 fully saturated rings. The number of fused-ring (bicyclic) bond motifs is 2. The molecule has 41 heavy (non-hydrogen) atoms. The van der Waals surface area contributed by atoms with E-state index in [4.69, 9.17) is 0 Å². The summed E-state index contributed by atoms with van der Waals surface area (Å²) in [6.45, 7) is 6.67. The summed E-state index contributed by atoms with van der Waals surface area (Å²) in [7, 11) is 0. The second kappa shape index (κ2) is 10.5. The van der Waals surface area contributed by atoms with Crippen LogP contribution in [0.25, 0.3) is 44.2 Å². The summed E-state index contributed by atoms with van der Waals surface area (Å²) in [4.78, 5) is 35.5. The number of aryl methyl sites for hydroxylation is 2. The number of nitrogens with one attached hydrogen (secondary N) is 2. The van der Waals surface area contributed by atoms with Crippen molar-refractivity contribution in [1.82, 2.24) is 19.5 Å². The van der Waals surface area contributed by atoms with Crippen LogP contribution in [0.2, 0.25) is 0 Å². The van der Waals surface area contributed by atoms with Gasteiger partial charge in [-0.1, -0.05) is 19.9 Å². The van der Waals surface area contributed by atoms with E-state index in [1.807, 2.05) is 45.2 Å². The first-order valence-corrected chi connectivity index (χ1v) is 14.4. The number of ketones is 1. The summed E-state index contributed by atoms with van der Waals surface area (Å²) in [6, 6.07) is 10.9. The highest BCUT2D eigenvalue weighted by Gasteiger charge is 2.28. The number of Topliss-reactive ketones (excluding diaryl/α,β-unsaturated/α-hetero) is 1. The van der Waals surface area contributed by atoms with Crippen LogP contribution in [-0.4, -0.2) is 36.4 Å². The Kier molecular flexibility index (Phi) is 6.83. The van der Waals surface area contributed by atoms with Gasteiger partial charge >= 0.3 is 5.97 Å². The van der Waals surface area contributed by atoms with Crippen molar-refractivity contribution in [3.63, 3.8) is 0 Å². The molecular formula is C32H29FN4O3S. The number of hydrogen-bond acceptors (Lipinski definition) is 4. The van der Waals surface area contributed by atoms with E-state index in [2.05, 4.69) is 25.6 Å². The maximum Gasteiger partial charge on any atom is 0.352 e. The number of H-pyrrole nitrogens is 2. The summed E-state index contributed by atoms with van der Waals surface area (Å²) < 4.78 is 16.8. The minimum absolute atomic E-state index is 0.0368. The lowest BCUT2D eigenvalue weighted by molar-refractivity contribution is 0.0692. The molecule has 0 atom stereocenters. The molecule has 6 aromatic rings. The standard InChI is InChI=1S/C32H29FN4O3S/c1-17(2)27-28(30(32(39)40)36-29(27)23-15-19(33)16-24-20(23)6-8-34-24)22-13-18(3)14-25-21(22)7-11-37(25)10-4-5-26(38)31-35-9-12-41-31/h6-9,11-17,34,36H,4-5,10H2,1-3H3,(H,39,40). The quantitative estimate of drug-likeness (QED) is 0.153. The van der Waals surface area contributed by atoms with Crippen molar-refractivity contribution in [3.8, 4) is 22.4 Å². The molecule has 0 saturated carbocycles. The number of benzene rings is 2. The Morgan fingerprint density at radius 3 is 2.68 bits per heavy atom. The van der Waals surface area contributed by atoms with Crippen LogP contribution in [0.1, 0.15) is 64.0 Å². The minimum atomic E-state index is -1.08. The Labute approximate surface area is 239 Å². The molecule has 0 unspecified atom stereocenters. The molecule has 208 valence electrons. The summed E-state index contributed by atoms with van der Waals surface area (Å²) in [5.41, 5.74) is 6.13. The SMILES string of the molecule is Cc1cc(-c2c(C(=O)O)[nH]c(-c3cc(F)cc4[nH]ccc34)c2C(C)C)c2ccn(CCCC(=O)c3nccs3)c2c1. The van der Waals surface area contributed by atoms with Crippen LogP contribution in [0.4, 0.5) is 4.39 Å². The fourth-order valence-corrected chi connectivity index (χ4v) is 6.40. The van der Waals surface area contributed by atoms with E-state index in [0.29, 0.717) is 46.7 Å². The van der Waals surface area contributed by atoms with Crippen molar-refractivity contribution < 1.29 is 19.1 Å². The van der Waals surface area contributed by atoms with Crippen molar-refractivity contribution in [2.75, 3.05) is 0 Å². The molecular weight excluding hydrogens is 539 g/mol. The second-order valence-electron chi connectivity index (χ2n) is 10.6. The third kappa shape index (κ3) is 4.76. The number of aromatic nitrogens is 4. The van der Waals surface area contributed by atoms with Gasteiger partial charge in [-0.3, -0.25) is 4.79 Å². The smallest absolute Gasteiger partial charge is 0.352 e. The van der Waals surface area contributed by atoms with Crippen molar-refractivity contribution in [3.05, 3.63) is 88.0 Å². The number of carboxylic acids is 1. The molecule has 0 spiro atoms. The van der Waals surface area contributed by atoms with Gasteiger partial charge in [0.15, 0.2) is 10.8 Å². The van der Waals surface area contributed by atoms with Gasteiger partial charge < -0.3 is 19.6 Å². The lowest BCUT2D eigenvalue weighted by Crippen LogP contribution is -2.03. The molecule has 9 heteroatoms. The maximum absolute atomic E-state index is 14.7. The van der Waals surface area contributed by atoms with Crippen molar-refractivity contribution in [1.29, 1.82) is 0 Å². The molecule has 2 aromatic carbocycles. The topological polar surface area (TPSA) is 104 Å². The Balaban J connectivity index is 1.48. The first-order valence-electron chi connectivity index (χ1n) is 13.5. The molecule has 0 saturated heterocycles. The molecule has 3 N–H and O–H groups in total. The average Bonchev–Trinajstić information content (AvgIpc) is 3.73. The van der Waals surface area contributed by atoms with Crippen LogP contribution in [0, 0.1) is 12.7 Å². The fraction of sp³-hybridized carbons (Fsp3) is 0.219. The predicted molar refractivity (Wildman–Crippen MR) is 160 cm³/mol. The summed E-state index contributed by atoms with van der Waals surface area (Å²) >= 11 is 1.35. The van der Waals surface area contributed by atoms with Crippen molar-refractivity contribution in [2.24, 2.45) is 0 Å². The van der Waals surface area contributed by atoms with Crippen molar-refractivity contribution >= 4 is 44.9 Å². The Morgan fingerprint density at radius 1 is 1.12 bits per heavy atom. The molecule has 0 radical (unpaired) electrons. The van der Waals surface area contributed by atoms with E-state index in [9.17, 15) is 19.1 Å². The number of nitrogens with zero attached hydrogens (tertiary/aromatic N) is 2. The van der Waals surface area contributed by atoms with E-state index < -0.39 is 11.8 Å². The molecule has 0 aliphatic carbocycles. The predicted octanol–water partition coefficient (Wildman–Crippen LogP) is 8.17. The molecule has 0 bridgehead atoms. The average molecular weight is 569 g/mol. The molecule has 4 aromatic heterocycles. The molecule has 0 aliphatic heterocycles. The zero-order chi connectivity index (χ0) is 28.8. The lowest BCUT2D eigenvalue weighted by atomic mass is 9.88. The number of carbonyl (C=O) groups is 2.